The molecule has 0 bridgehead atoms. The lowest BCUT2D eigenvalue weighted by molar-refractivity contribution is 0.238. The van der Waals surface area contributed by atoms with Gasteiger partial charge in [-0.15, -0.1) is 0 Å². The van der Waals surface area contributed by atoms with Crippen LogP contribution in [0.5, 0.6) is 5.75 Å². The molecule has 0 fully saturated rings. The first-order chi connectivity index (χ1) is 11.4. The van der Waals surface area contributed by atoms with Crippen LogP contribution in [-0.4, -0.2) is 17.7 Å². The number of aromatic hydroxyl groups is 1. The van der Waals surface area contributed by atoms with Crippen molar-refractivity contribution in [2.45, 2.75) is 39.7 Å². The van der Waals surface area contributed by atoms with Crippen LogP contribution in [0.1, 0.15) is 41.6 Å². The van der Waals surface area contributed by atoms with Gasteiger partial charge in [0.25, 0.3) is 0 Å². The molecule has 2 amide bonds. The molecule has 0 spiro atoms. The van der Waals surface area contributed by atoms with Gasteiger partial charge in [0, 0.05) is 6.54 Å². The molecule has 0 radical (unpaired) electrons. The summed E-state index contributed by atoms with van der Waals surface area (Å²) in [7, 11) is 0. The summed E-state index contributed by atoms with van der Waals surface area (Å²) in [5.41, 5.74) is 4.67. The molecule has 0 heterocycles. The molecule has 4 heteroatoms. The van der Waals surface area contributed by atoms with E-state index in [4.69, 9.17) is 0 Å². The summed E-state index contributed by atoms with van der Waals surface area (Å²) in [4.78, 5) is 12.0. The lowest BCUT2D eigenvalue weighted by atomic mass is 10.0. The minimum absolute atomic E-state index is 0.0271. The van der Waals surface area contributed by atoms with Gasteiger partial charge in [-0.2, -0.15) is 0 Å². The molecular weight excluding hydrogens is 300 g/mol. The van der Waals surface area contributed by atoms with Crippen molar-refractivity contribution in [2.24, 2.45) is 0 Å². The van der Waals surface area contributed by atoms with Crippen molar-refractivity contribution in [3.63, 3.8) is 0 Å². The lowest BCUT2D eigenvalue weighted by Gasteiger charge is -2.16. The number of rotatable bonds is 6. The van der Waals surface area contributed by atoms with E-state index in [9.17, 15) is 9.90 Å². The fourth-order valence-corrected chi connectivity index (χ4v) is 2.75. The van der Waals surface area contributed by atoms with E-state index in [1.54, 1.807) is 12.1 Å². The molecule has 0 aliphatic rings. The molecule has 4 nitrogen and oxygen atoms in total. The number of hydrogen-bond donors (Lipinski definition) is 3. The third kappa shape index (κ3) is 5.61. The number of hydrogen-bond acceptors (Lipinski definition) is 2. The number of carbonyl (C=O) groups is 1. The van der Waals surface area contributed by atoms with Crippen LogP contribution in [0.15, 0.2) is 42.5 Å². The van der Waals surface area contributed by atoms with E-state index in [-0.39, 0.29) is 17.8 Å². The van der Waals surface area contributed by atoms with Crippen molar-refractivity contribution in [1.29, 1.82) is 0 Å². The van der Waals surface area contributed by atoms with Gasteiger partial charge in [0.15, 0.2) is 0 Å². The van der Waals surface area contributed by atoms with Gasteiger partial charge in [0.05, 0.1) is 6.04 Å². The fraction of sp³-hybridized carbons (Fsp3) is 0.350. The summed E-state index contributed by atoms with van der Waals surface area (Å²) in [6, 6.07) is 13.3. The number of phenols is 1. The molecule has 2 aromatic rings. The van der Waals surface area contributed by atoms with Gasteiger partial charge in [0.1, 0.15) is 5.75 Å². The molecular formula is C20H26N2O2. The summed E-state index contributed by atoms with van der Waals surface area (Å²) in [5, 5.41) is 15.1. The van der Waals surface area contributed by atoms with Crippen LogP contribution in [0.2, 0.25) is 0 Å². The maximum Gasteiger partial charge on any atom is 0.315 e. The Balaban J connectivity index is 1.73. The van der Waals surface area contributed by atoms with Crippen LogP contribution in [0.3, 0.4) is 0 Å². The number of phenolic OH excluding ortho intramolecular Hbond substituents is 1. The van der Waals surface area contributed by atoms with Crippen molar-refractivity contribution in [3.8, 4) is 5.75 Å². The van der Waals surface area contributed by atoms with E-state index in [2.05, 4.69) is 42.7 Å². The maximum absolute atomic E-state index is 12.0. The number of benzene rings is 2. The Morgan fingerprint density at radius 3 is 2.33 bits per heavy atom. The Bertz CT molecular complexity index is 660. The normalized spacial score (nSPS) is 11.8. The predicted molar refractivity (Wildman–Crippen MR) is 97.3 cm³/mol. The van der Waals surface area contributed by atoms with Crippen LogP contribution in [-0.2, 0) is 6.42 Å². The van der Waals surface area contributed by atoms with Gasteiger partial charge in [-0.25, -0.2) is 4.79 Å². The minimum atomic E-state index is -0.146. The van der Waals surface area contributed by atoms with E-state index in [0.29, 0.717) is 6.54 Å². The van der Waals surface area contributed by atoms with Gasteiger partial charge < -0.3 is 15.7 Å². The van der Waals surface area contributed by atoms with Crippen LogP contribution in [0.25, 0.3) is 0 Å². The highest BCUT2D eigenvalue weighted by atomic mass is 16.3. The average molecular weight is 326 g/mol. The van der Waals surface area contributed by atoms with Crippen LogP contribution < -0.4 is 10.6 Å². The van der Waals surface area contributed by atoms with E-state index >= 15 is 0 Å². The smallest absolute Gasteiger partial charge is 0.315 e. The SMILES string of the molecule is Cc1cc(C)cc(C(C)NC(=O)NCCCc2ccc(O)cc2)c1. The number of amides is 2. The Labute approximate surface area is 143 Å². The topological polar surface area (TPSA) is 61.4 Å². The first-order valence-electron chi connectivity index (χ1n) is 8.34. The Kier molecular flexibility index (Phi) is 6.24. The standard InChI is InChI=1S/C20H26N2O2/c1-14-11-15(2)13-18(12-14)16(3)22-20(24)21-10-4-5-17-6-8-19(23)9-7-17/h6-9,11-13,16,23H,4-5,10H2,1-3H3,(H2,21,22,24). The molecule has 24 heavy (non-hydrogen) atoms. The van der Waals surface area contributed by atoms with E-state index in [1.807, 2.05) is 19.1 Å². The minimum Gasteiger partial charge on any atom is -0.508 e. The Morgan fingerprint density at radius 1 is 1.08 bits per heavy atom. The summed E-state index contributed by atoms with van der Waals surface area (Å²) < 4.78 is 0. The fourth-order valence-electron chi connectivity index (χ4n) is 2.75. The molecule has 0 aromatic heterocycles. The highest BCUT2D eigenvalue weighted by molar-refractivity contribution is 5.74. The number of nitrogens with one attached hydrogen (secondary N) is 2. The molecule has 2 aromatic carbocycles. The second-order valence-corrected chi connectivity index (χ2v) is 6.31. The average Bonchev–Trinajstić information content (AvgIpc) is 2.52. The quantitative estimate of drug-likeness (QED) is 0.703. The number of carbonyl (C=O) groups excluding carboxylic acids is 1. The van der Waals surface area contributed by atoms with Crippen molar-refractivity contribution in [1.82, 2.24) is 10.6 Å². The summed E-state index contributed by atoms with van der Waals surface area (Å²) in [5.74, 6) is 0.275. The van der Waals surface area contributed by atoms with Gasteiger partial charge in [-0.3, -0.25) is 0 Å². The molecule has 1 unspecified atom stereocenters. The van der Waals surface area contributed by atoms with E-state index in [1.165, 1.54) is 11.1 Å². The first-order valence-corrected chi connectivity index (χ1v) is 8.34. The zero-order valence-electron chi connectivity index (χ0n) is 14.6. The summed E-state index contributed by atoms with van der Waals surface area (Å²) >= 11 is 0. The van der Waals surface area contributed by atoms with Crippen molar-refractivity contribution >= 4 is 6.03 Å². The van der Waals surface area contributed by atoms with Crippen LogP contribution in [0.4, 0.5) is 4.79 Å². The Morgan fingerprint density at radius 2 is 1.71 bits per heavy atom. The second-order valence-electron chi connectivity index (χ2n) is 6.31. The molecule has 128 valence electrons. The number of urea groups is 1. The largest absolute Gasteiger partial charge is 0.508 e. The van der Waals surface area contributed by atoms with Crippen molar-refractivity contribution < 1.29 is 9.90 Å². The molecule has 1 atom stereocenters. The first kappa shape index (κ1) is 17.9. The van der Waals surface area contributed by atoms with Crippen molar-refractivity contribution in [3.05, 3.63) is 64.7 Å². The molecule has 2 rings (SSSR count). The van der Waals surface area contributed by atoms with Crippen LogP contribution in [0, 0.1) is 13.8 Å². The highest BCUT2D eigenvalue weighted by Crippen LogP contribution is 2.16. The monoisotopic (exact) mass is 326 g/mol. The molecule has 0 saturated carbocycles. The highest BCUT2D eigenvalue weighted by Gasteiger charge is 2.09. The van der Waals surface area contributed by atoms with Crippen molar-refractivity contribution in [2.75, 3.05) is 6.54 Å². The lowest BCUT2D eigenvalue weighted by Crippen LogP contribution is -2.37. The predicted octanol–water partition coefficient (Wildman–Crippen LogP) is 4.00. The molecule has 3 N–H and O–H groups in total. The summed E-state index contributed by atoms with van der Waals surface area (Å²) in [6.45, 7) is 6.73. The zero-order chi connectivity index (χ0) is 17.5. The zero-order valence-corrected chi connectivity index (χ0v) is 14.6. The van der Waals surface area contributed by atoms with Crippen LogP contribution >= 0.6 is 0 Å². The number of aryl methyl sites for hydroxylation is 3. The van der Waals surface area contributed by atoms with Gasteiger partial charge in [0.2, 0.25) is 0 Å². The summed E-state index contributed by atoms with van der Waals surface area (Å²) in [6.07, 6.45) is 1.73. The van der Waals surface area contributed by atoms with Gasteiger partial charge in [-0.05, 0) is 56.9 Å². The molecule has 0 saturated heterocycles. The third-order valence-corrected chi connectivity index (χ3v) is 3.96. The third-order valence-electron chi connectivity index (χ3n) is 3.96. The maximum atomic E-state index is 12.0. The van der Waals surface area contributed by atoms with E-state index < -0.39 is 0 Å². The Hall–Kier alpha value is -2.49. The van der Waals surface area contributed by atoms with Gasteiger partial charge >= 0.3 is 6.03 Å². The second kappa shape index (κ2) is 8.39. The molecule has 0 aliphatic heterocycles. The van der Waals surface area contributed by atoms with E-state index in [0.717, 1.165) is 24.0 Å². The molecule has 0 aliphatic carbocycles. The van der Waals surface area contributed by atoms with Gasteiger partial charge in [-0.1, -0.05) is 41.5 Å².